The molecule has 3 fully saturated rings. The highest BCUT2D eigenvalue weighted by Gasteiger charge is 2.27. The lowest BCUT2D eigenvalue weighted by atomic mass is 10.1. The highest BCUT2D eigenvalue weighted by Crippen LogP contribution is 2.28. The van der Waals surface area contributed by atoms with E-state index in [4.69, 9.17) is 9.73 Å². The SMILES string of the molecule is CCNC(=NCCOCC1CC1)N1CCC(CN2CCCCC2)C1.I. The Labute approximate surface area is 171 Å². The average Bonchev–Trinajstić information content (AvgIpc) is 3.32. The van der Waals surface area contributed by atoms with E-state index in [0.29, 0.717) is 0 Å². The number of aliphatic imine (C=N–C) groups is 1. The van der Waals surface area contributed by atoms with Crippen LogP contribution in [-0.4, -0.2) is 74.8 Å². The second-order valence-corrected chi connectivity index (χ2v) is 7.72. The van der Waals surface area contributed by atoms with E-state index in [1.165, 1.54) is 58.2 Å². The van der Waals surface area contributed by atoms with Crippen molar-refractivity contribution in [1.82, 2.24) is 15.1 Å². The van der Waals surface area contributed by atoms with Crippen molar-refractivity contribution in [2.45, 2.75) is 45.4 Å². The fraction of sp³-hybridized carbons (Fsp3) is 0.947. The van der Waals surface area contributed by atoms with Crippen molar-refractivity contribution in [1.29, 1.82) is 0 Å². The third-order valence-electron chi connectivity index (χ3n) is 5.43. The highest BCUT2D eigenvalue weighted by atomic mass is 127. The van der Waals surface area contributed by atoms with Gasteiger partial charge in [-0.05, 0) is 64.0 Å². The number of likely N-dealkylation sites (tertiary alicyclic amines) is 2. The Morgan fingerprint density at radius 2 is 1.88 bits per heavy atom. The first kappa shape index (κ1) is 21.2. The molecule has 0 aromatic carbocycles. The molecule has 0 bridgehead atoms. The smallest absolute Gasteiger partial charge is 0.194 e. The van der Waals surface area contributed by atoms with Crippen molar-refractivity contribution in [2.24, 2.45) is 16.8 Å². The Morgan fingerprint density at radius 3 is 2.60 bits per heavy atom. The number of ether oxygens (including phenoxy) is 1. The van der Waals surface area contributed by atoms with Crippen LogP contribution in [-0.2, 0) is 4.74 Å². The van der Waals surface area contributed by atoms with Crippen LogP contribution < -0.4 is 5.32 Å². The third-order valence-corrected chi connectivity index (χ3v) is 5.43. The van der Waals surface area contributed by atoms with Crippen LogP contribution >= 0.6 is 24.0 Å². The van der Waals surface area contributed by atoms with Crippen LogP contribution in [0.1, 0.15) is 45.4 Å². The van der Waals surface area contributed by atoms with Crippen molar-refractivity contribution in [3.8, 4) is 0 Å². The summed E-state index contributed by atoms with van der Waals surface area (Å²) in [7, 11) is 0. The predicted molar refractivity (Wildman–Crippen MR) is 115 cm³/mol. The summed E-state index contributed by atoms with van der Waals surface area (Å²) >= 11 is 0. The number of rotatable bonds is 8. The second-order valence-electron chi connectivity index (χ2n) is 7.72. The molecule has 1 N–H and O–H groups in total. The molecule has 1 atom stereocenters. The summed E-state index contributed by atoms with van der Waals surface area (Å²) in [6.07, 6.45) is 8.23. The average molecular weight is 464 g/mol. The molecule has 3 aliphatic rings. The minimum absolute atomic E-state index is 0. The highest BCUT2D eigenvalue weighted by molar-refractivity contribution is 14.0. The van der Waals surface area contributed by atoms with Crippen LogP contribution in [0.5, 0.6) is 0 Å². The van der Waals surface area contributed by atoms with Crippen molar-refractivity contribution in [2.75, 3.05) is 59.0 Å². The molecule has 2 heterocycles. The molecule has 2 saturated heterocycles. The molecule has 1 unspecified atom stereocenters. The van der Waals surface area contributed by atoms with Crippen LogP contribution in [0.25, 0.3) is 0 Å². The molecule has 1 saturated carbocycles. The van der Waals surface area contributed by atoms with Crippen molar-refractivity contribution in [3.63, 3.8) is 0 Å². The quantitative estimate of drug-likeness (QED) is 0.260. The van der Waals surface area contributed by atoms with E-state index in [9.17, 15) is 0 Å². The molecule has 146 valence electrons. The number of piperidine rings is 1. The maximum absolute atomic E-state index is 5.71. The first-order chi connectivity index (χ1) is 11.8. The first-order valence-corrected chi connectivity index (χ1v) is 10.2. The van der Waals surface area contributed by atoms with E-state index in [1.54, 1.807) is 0 Å². The summed E-state index contributed by atoms with van der Waals surface area (Å²) < 4.78 is 5.71. The number of halogens is 1. The van der Waals surface area contributed by atoms with E-state index in [2.05, 4.69) is 22.0 Å². The van der Waals surface area contributed by atoms with E-state index >= 15 is 0 Å². The number of nitrogens with zero attached hydrogens (tertiary/aromatic N) is 3. The van der Waals surface area contributed by atoms with Crippen LogP contribution in [0, 0.1) is 11.8 Å². The summed E-state index contributed by atoms with van der Waals surface area (Å²) in [4.78, 5) is 9.92. The van der Waals surface area contributed by atoms with Crippen LogP contribution in [0.4, 0.5) is 0 Å². The van der Waals surface area contributed by atoms with Gasteiger partial charge in [-0.15, -0.1) is 24.0 Å². The molecule has 6 heteroatoms. The molecule has 3 rings (SSSR count). The number of hydrogen-bond acceptors (Lipinski definition) is 3. The van der Waals surface area contributed by atoms with Gasteiger partial charge < -0.3 is 19.9 Å². The molecule has 1 aliphatic carbocycles. The van der Waals surface area contributed by atoms with Crippen molar-refractivity contribution in [3.05, 3.63) is 0 Å². The van der Waals surface area contributed by atoms with E-state index in [-0.39, 0.29) is 24.0 Å². The predicted octanol–water partition coefficient (Wildman–Crippen LogP) is 2.80. The van der Waals surface area contributed by atoms with Gasteiger partial charge in [-0.2, -0.15) is 0 Å². The molecular weight excluding hydrogens is 427 g/mol. The summed E-state index contributed by atoms with van der Waals surface area (Å²) in [5.41, 5.74) is 0. The lowest BCUT2D eigenvalue weighted by Gasteiger charge is -2.29. The third kappa shape index (κ3) is 7.59. The second kappa shape index (κ2) is 11.6. The van der Waals surface area contributed by atoms with Crippen LogP contribution in [0.3, 0.4) is 0 Å². The summed E-state index contributed by atoms with van der Waals surface area (Å²) in [6.45, 7) is 11.8. The van der Waals surface area contributed by atoms with Gasteiger partial charge in [0.25, 0.3) is 0 Å². The van der Waals surface area contributed by atoms with E-state index in [0.717, 1.165) is 57.2 Å². The van der Waals surface area contributed by atoms with Crippen LogP contribution in [0.2, 0.25) is 0 Å². The summed E-state index contributed by atoms with van der Waals surface area (Å²) in [5, 5.41) is 3.47. The van der Waals surface area contributed by atoms with Gasteiger partial charge in [-0.3, -0.25) is 4.99 Å². The monoisotopic (exact) mass is 464 g/mol. The standard InChI is InChI=1S/C19H36N4O.HI/c1-2-20-19(21-9-13-24-16-17-6-7-17)23-12-8-18(15-23)14-22-10-4-3-5-11-22;/h17-18H,2-16H2,1H3,(H,20,21);1H. The Kier molecular flexibility index (Phi) is 9.84. The summed E-state index contributed by atoms with van der Waals surface area (Å²) in [6, 6.07) is 0. The minimum atomic E-state index is 0. The molecule has 0 aromatic heterocycles. The van der Waals surface area contributed by atoms with Gasteiger partial charge >= 0.3 is 0 Å². The molecule has 5 nitrogen and oxygen atoms in total. The van der Waals surface area contributed by atoms with Gasteiger partial charge in [0.2, 0.25) is 0 Å². The minimum Gasteiger partial charge on any atom is -0.379 e. The molecule has 2 aliphatic heterocycles. The van der Waals surface area contributed by atoms with Crippen molar-refractivity contribution >= 4 is 29.9 Å². The molecular formula is C19H37IN4O. The zero-order chi connectivity index (χ0) is 16.6. The van der Waals surface area contributed by atoms with Gasteiger partial charge in [0.1, 0.15) is 0 Å². The fourth-order valence-corrected chi connectivity index (χ4v) is 3.86. The normalized spacial score (nSPS) is 25.1. The van der Waals surface area contributed by atoms with Gasteiger partial charge in [0, 0.05) is 32.8 Å². The van der Waals surface area contributed by atoms with Gasteiger partial charge in [-0.25, -0.2) is 0 Å². The Morgan fingerprint density at radius 1 is 1.08 bits per heavy atom. The Bertz CT molecular complexity index is 397. The largest absolute Gasteiger partial charge is 0.379 e. The van der Waals surface area contributed by atoms with E-state index in [1.807, 2.05) is 0 Å². The summed E-state index contributed by atoms with van der Waals surface area (Å²) in [5.74, 6) is 2.74. The molecule has 0 spiro atoms. The van der Waals surface area contributed by atoms with Gasteiger partial charge in [-0.1, -0.05) is 6.42 Å². The first-order valence-electron chi connectivity index (χ1n) is 10.2. The van der Waals surface area contributed by atoms with Crippen LogP contribution in [0.15, 0.2) is 4.99 Å². The molecule has 0 aromatic rings. The number of hydrogen-bond donors (Lipinski definition) is 1. The fourth-order valence-electron chi connectivity index (χ4n) is 3.86. The van der Waals surface area contributed by atoms with Crippen molar-refractivity contribution < 1.29 is 4.74 Å². The maximum Gasteiger partial charge on any atom is 0.194 e. The zero-order valence-electron chi connectivity index (χ0n) is 15.9. The maximum atomic E-state index is 5.71. The molecule has 0 radical (unpaired) electrons. The molecule has 0 amide bonds. The number of nitrogens with one attached hydrogen (secondary N) is 1. The Balaban J connectivity index is 0.00000225. The lowest BCUT2D eigenvalue weighted by Crippen LogP contribution is -2.41. The van der Waals surface area contributed by atoms with E-state index < -0.39 is 0 Å². The topological polar surface area (TPSA) is 40.1 Å². The lowest BCUT2D eigenvalue weighted by molar-refractivity contribution is 0.131. The van der Waals surface area contributed by atoms with Gasteiger partial charge in [0.15, 0.2) is 5.96 Å². The Hall–Kier alpha value is -0.0800. The van der Waals surface area contributed by atoms with Gasteiger partial charge in [0.05, 0.1) is 13.2 Å². The zero-order valence-corrected chi connectivity index (χ0v) is 18.2. The molecule has 25 heavy (non-hydrogen) atoms. The number of guanidine groups is 1.